The van der Waals surface area contributed by atoms with Crippen LogP contribution in [-0.4, -0.2) is 37.3 Å². The third kappa shape index (κ3) is 5.78. The number of hydrogen-bond acceptors (Lipinski definition) is 6. The fourth-order valence-corrected chi connectivity index (χ4v) is 2.31. The number of ketones is 1. The van der Waals surface area contributed by atoms with E-state index in [-0.39, 0.29) is 12.2 Å². The Bertz CT molecular complexity index is 860. The molecule has 0 fully saturated rings. The van der Waals surface area contributed by atoms with Gasteiger partial charge in [0.1, 0.15) is 5.75 Å². The molecule has 0 aliphatic rings. The van der Waals surface area contributed by atoms with Gasteiger partial charge in [0.05, 0.1) is 13.5 Å². The van der Waals surface area contributed by atoms with Gasteiger partial charge in [-0.2, -0.15) is 0 Å². The molecule has 0 aliphatic heterocycles. The quantitative estimate of drug-likeness (QED) is 0.592. The molecule has 2 amide bonds. The third-order valence-corrected chi connectivity index (χ3v) is 3.67. The van der Waals surface area contributed by atoms with E-state index in [2.05, 4.69) is 5.32 Å². The zero-order chi connectivity index (χ0) is 19.8. The van der Waals surface area contributed by atoms with Crippen molar-refractivity contribution in [3.63, 3.8) is 0 Å². The van der Waals surface area contributed by atoms with Crippen molar-refractivity contribution < 1.29 is 28.7 Å². The number of carbonyl (C=O) groups is 4. The molecule has 27 heavy (non-hydrogen) atoms. The van der Waals surface area contributed by atoms with Crippen molar-refractivity contribution in [3.8, 4) is 5.75 Å². The van der Waals surface area contributed by atoms with Gasteiger partial charge in [-0.15, -0.1) is 0 Å². The van der Waals surface area contributed by atoms with Crippen LogP contribution in [-0.2, 0) is 20.7 Å². The lowest BCUT2D eigenvalue weighted by molar-refractivity contribution is -0.147. The van der Waals surface area contributed by atoms with E-state index in [1.807, 2.05) is 0 Å². The summed E-state index contributed by atoms with van der Waals surface area (Å²) >= 11 is 0. The van der Waals surface area contributed by atoms with Crippen molar-refractivity contribution >= 4 is 23.6 Å². The van der Waals surface area contributed by atoms with Gasteiger partial charge in [0.2, 0.25) is 0 Å². The van der Waals surface area contributed by atoms with Gasteiger partial charge < -0.3 is 9.47 Å². The second-order valence-corrected chi connectivity index (χ2v) is 5.66. The Morgan fingerprint density at radius 1 is 0.963 bits per heavy atom. The molecule has 2 aromatic carbocycles. The summed E-state index contributed by atoms with van der Waals surface area (Å²) in [5, 5.41) is 2.14. The maximum absolute atomic E-state index is 12.0. The highest BCUT2D eigenvalue weighted by atomic mass is 16.5. The molecule has 0 unspecified atom stereocenters. The minimum Gasteiger partial charge on any atom is -0.496 e. The Balaban J connectivity index is 1.90. The fraction of sp³-hybridized carbons (Fsp3) is 0.200. The summed E-state index contributed by atoms with van der Waals surface area (Å²) in [5.74, 6) is -1.71. The lowest BCUT2D eigenvalue weighted by Crippen LogP contribution is -2.34. The maximum atomic E-state index is 12.0. The summed E-state index contributed by atoms with van der Waals surface area (Å²) in [4.78, 5) is 47.1. The molecule has 2 rings (SSSR count). The molecule has 0 heterocycles. The summed E-state index contributed by atoms with van der Waals surface area (Å²) in [6.07, 6.45) is -0.176. The van der Waals surface area contributed by atoms with Crippen LogP contribution in [0.25, 0.3) is 0 Å². The highest BCUT2D eigenvalue weighted by molar-refractivity contribution is 6.05. The average Bonchev–Trinajstić information content (AvgIpc) is 2.67. The van der Waals surface area contributed by atoms with E-state index in [4.69, 9.17) is 9.47 Å². The number of nitrogens with one attached hydrogen (secondary N) is 1. The molecule has 0 atom stereocenters. The van der Waals surface area contributed by atoms with E-state index < -0.39 is 24.4 Å². The van der Waals surface area contributed by atoms with Crippen LogP contribution < -0.4 is 10.1 Å². The van der Waals surface area contributed by atoms with Gasteiger partial charge in [-0.1, -0.05) is 18.2 Å². The van der Waals surface area contributed by atoms with Crippen molar-refractivity contribution in [2.45, 2.75) is 13.3 Å². The van der Waals surface area contributed by atoms with Crippen molar-refractivity contribution in [1.82, 2.24) is 5.32 Å². The van der Waals surface area contributed by atoms with Crippen molar-refractivity contribution in [3.05, 3.63) is 65.2 Å². The van der Waals surface area contributed by atoms with Crippen molar-refractivity contribution in [2.24, 2.45) is 0 Å². The molecule has 1 N–H and O–H groups in total. The summed E-state index contributed by atoms with van der Waals surface area (Å²) in [6, 6.07) is 12.9. The van der Waals surface area contributed by atoms with Crippen molar-refractivity contribution in [2.75, 3.05) is 13.7 Å². The predicted molar refractivity (Wildman–Crippen MR) is 96.6 cm³/mol. The fourth-order valence-electron chi connectivity index (χ4n) is 2.31. The molecule has 2 aromatic rings. The summed E-state index contributed by atoms with van der Waals surface area (Å²) in [5.41, 5.74) is 1.23. The van der Waals surface area contributed by atoms with E-state index in [1.165, 1.54) is 14.0 Å². The zero-order valence-corrected chi connectivity index (χ0v) is 15.0. The van der Waals surface area contributed by atoms with Crippen LogP contribution in [0.5, 0.6) is 5.75 Å². The van der Waals surface area contributed by atoms with Crippen molar-refractivity contribution in [1.29, 1.82) is 0 Å². The number of ether oxygens (including phenoxy) is 2. The number of hydrogen-bond donors (Lipinski definition) is 1. The number of methoxy groups -OCH3 is 1. The number of Topliss-reactive ketones (excluding diaryl/α,β-unsaturated/α-hetero) is 1. The lowest BCUT2D eigenvalue weighted by Gasteiger charge is -2.10. The zero-order valence-electron chi connectivity index (χ0n) is 15.0. The number of rotatable bonds is 7. The summed E-state index contributed by atoms with van der Waals surface area (Å²) < 4.78 is 10.1. The molecule has 0 saturated heterocycles. The second-order valence-electron chi connectivity index (χ2n) is 5.66. The molecule has 0 aromatic heterocycles. The molecule has 0 radical (unpaired) electrons. The smallest absolute Gasteiger partial charge is 0.310 e. The molecule has 7 heteroatoms. The van der Waals surface area contributed by atoms with Gasteiger partial charge in [-0.25, -0.2) is 0 Å². The van der Waals surface area contributed by atoms with Crippen LogP contribution in [0.1, 0.15) is 33.2 Å². The summed E-state index contributed by atoms with van der Waals surface area (Å²) in [7, 11) is 1.44. The minimum absolute atomic E-state index is 0.147. The Morgan fingerprint density at radius 3 is 2.30 bits per heavy atom. The van der Waals surface area contributed by atoms with E-state index >= 15 is 0 Å². The van der Waals surface area contributed by atoms with Crippen LogP contribution in [0.2, 0.25) is 0 Å². The second kappa shape index (κ2) is 9.28. The molecule has 140 valence electrons. The monoisotopic (exact) mass is 369 g/mol. The van der Waals surface area contributed by atoms with Crippen LogP contribution in [0.15, 0.2) is 48.5 Å². The number of benzene rings is 2. The minimum atomic E-state index is -0.735. The summed E-state index contributed by atoms with van der Waals surface area (Å²) in [6.45, 7) is 0.824. The van der Waals surface area contributed by atoms with Gasteiger partial charge in [-0.05, 0) is 37.3 Å². The highest BCUT2D eigenvalue weighted by Crippen LogP contribution is 2.21. The third-order valence-electron chi connectivity index (χ3n) is 3.67. The average molecular weight is 369 g/mol. The Morgan fingerprint density at radius 2 is 1.67 bits per heavy atom. The Hall–Kier alpha value is -3.48. The number of imide groups is 1. The molecule has 7 nitrogen and oxygen atoms in total. The standard InChI is InChI=1S/C20H19NO6/c1-13(22)15-8-9-17(26-2)16(10-15)11-19(24)27-12-18(23)21-20(25)14-6-4-3-5-7-14/h3-10H,11-12H2,1-2H3,(H,21,23,25). The topological polar surface area (TPSA) is 98.8 Å². The first kappa shape index (κ1) is 19.8. The lowest BCUT2D eigenvalue weighted by atomic mass is 10.0. The van der Waals surface area contributed by atoms with E-state index in [0.29, 0.717) is 22.4 Å². The van der Waals surface area contributed by atoms with Gasteiger partial charge in [0.15, 0.2) is 12.4 Å². The number of carbonyl (C=O) groups excluding carboxylic acids is 4. The van der Waals surface area contributed by atoms with E-state index in [1.54, 1.807) is 48.5 Å². The van der Waals surface area contributed by atoms with Gasteiger partial charge >= 0.3 is 5.97 Å². The Labute approximate surface area is 156 Å². The first-order valence-corrected chi connectivity index (χ1v) is 8.13. The van der Waals surface area contributed by atoms with Crippen LogP contribution >= 0.6 is 0 Å². The number of amides is 2. The maximum Gasteiger partial charge on any atom is 0.310 e. The van der Waals surface area contributed by atoms with Crippen LogP contribution in [0.3, 0.4) is 0 Å². The van der Waals surface area contributed by atoms with E-state index in [0.717, 1.165) is 0 Å². The first-order chi connectivity index (χ1) is 12.9. The number of esters is 1. The normalized spacial score (nSPS) is 10.0. The van der Waals surface area contributed by atoms with E-state index in [9.17, 15) is 19.2 Å². The first-order valence-electron chi connectivity index (χ1n) is 8.13. The SMILES string of the molecule is COc1ccc(C(C)=O)cc1CC(=O)OCC(=O)NC(=O)c1ccccc1. The van der Waals surface area contributed by atoms with Crippen LogP contribution in [0.4, 0.5) is 0 Å². The molecular weight excluding hydrogens is 350 g/mol. The van der Waals surface area contributed by atoms with Gasteiger partial charge in [0, 0.05) is 16.7 Å². The predicted octanol–water partition coefficient (Wildman–Crippen LogP) is 1.94. The molecule has 0 saturated carbocycles. The van der Waals surface area contributed by atoms with Gasteiger partial charge in [-0.3, -0.25) is 24.5 Å². The van der Waals surface area contributed by atoms with Crippen LogP contribution in [0, 0.1) is 0 Å². The van der Waals surface area contributed by atoms with Gasteiger partial charge in [0.25, 0.3) is 11.8 Å². The highest BCUT2D eigenvalue weighted by Gasteiger charge is 2.15. The molecule has 0 spiro atoms. The molecule has 0 aliphatic carbocycles. The largest absolute Gasteiger partial charge is 0.496 e. The Kier molecular flexibility index (Phi) is 6.82. The molecule has 0 bridgehead atoms. The molecular formula is C20H19NO6.